The molecule has 17 heavy (non-hydrogen) atoms. The Morgan fingerprint density at radius 3 is 2.71 bits per heavy atom. The molecular formula is C13H25N3O. The van der Waals surface area contributed by atoms with Crippen molar-refractivity contribution in [2.45, 2.75) is 44.7 Å². The predicted molar refractivity (Wildman–Crippen MR) is 68.5 cm³/mol. The fraction of sp³-hybridized carbons (Fsp3) is 0.923. The molecule has 1 heterocycles. The van der Waals surface area contributed by atoms with Gasteiger partial charge in [-0.1, -0.05) is 0 Å². The van der Waals surface area contributed by atoms with E-state index in [-0.39, 0.29) is 12.0 Å². The van der Waals surface area contributed by atoms with Gasteiger partial charge in [0.05, 0.1) is 0 Å². The van der Waals surface area contributed by atoms with Crippen LogP contribution in [0, 0.1) is 11.8 Å². The normalized spacial score (nSPS) is 39.5. The van der Waals surface area contributed by atoms with Crippen LogP contribution in [0.3, 0.4) is 0 Å². The maximum Gasteiger partial charge on any atom is 0.132 e. The molecule has 0 aromatic rings. The Morgan fingerprint density at radius 1 is 1.35 bits per heavy atom. The first-order chi connectivity index (χ1) is 8.11. The molecule has 4 atom stereocenters. The van der Waals surface area contributed by atoms with Crippen LogP contribution in [0.2, 0.25) is 0 Å². The van der Waals surface area contributed by atoms with Crippen LogP contribution in [0.25, 0.3) is 0 Å². The molecule has 4 heteroatoms. The monoisotopic (exact) mass is 239 g/mol. The van der Waals surface area contributed by atoms with Crippen molar-refractivity contribution in [2.24, 2.45) is 23.3 Å². The second kappa shape index (κ2) is 5.46. The third kappa shape index (κ3) is 2.87. The average molecular weight is 239 g/mol. The van der Waals surface area contributed by atoms with Crippen molar-refractivity contribution in [3.8, 4) is 0 Å². The zero-order valence-corrected chi connectivity index (χ0v) is 10.8. The van der Waals surface area contributed by atoms with E-state index in [4.69, 9.17) is 11.5 Å². The summed E-state index contributed by atoms with van der Waals surface area (Å²) >= 11 is 0. The van der Waals surface area contributed by atoms with Crippen molar-refractivity contribution in [3.63, 3.8) is 0 Å². The summed E-state index contributed by atoms with van der Waals surface area (Å²) in [7, 11) is 0. The van der Waals surface area contributed by atoms with E-state index < -0.39 is 0 Å². The smallest absolute Gasteiger partial charge is 0.132 e. The van der Waals surface area contributed by atoms with Gasteiger partial charge in [-0.25, -0.2) is 0 Å². The van der Waals surface area contributed by atoms with Crippen molar-refractivity contribution in [3.05, 3.63) is 0 Å². The minimum Gasteiger partial charge on any atom is -0.330 e. The summed E-state index contributed by atoms with van der Waals surface area (Å²) in [5.41, 5.74) is 11.9. The minimum absolute atomic E-state index is 0.233. The van der Waals surface area contributed by atoms with E-state index in [0.717, 1.165) is 38.9 Å². The van der Waals surface area contributed by atoms with Crippen LogP contribution < -0.4 is 11.5 Å². The van der Waals surface area contributed by atoms with Gasteiger partial charge >= 0.3 is 0 Å². The SMILES string of the molecule is CC(=O)C1CCC(N)C(N2CCC(CN)C2)C1. The van der Waals surface area contributed by atoms with Crippen LogP contribution in [0.4, 0.5) is 0 Å². The Kier molecular flexibility index (Phi) is 4.17. The van der Waals surface area contributed by atoms with Gasteiger partial charge in [-0.2, -0.15) is 0 Å². The number of nitrogens with zero attached hydrogens (tertiary/aromatic N) is 1. The second-order valence-corrected chi connectivity index (χ2v) is 5.74. The molecule has 4 unspecified atom stereocenters. The predicted octanol–water partition coefficient (Wildman–Crippen LogP) is 0.352. The molecule has 0 aromatic heterocycles. The number of Topliss-reactive ketones (excluding diaryl/α,β-unsaturated/α-hetero) is 1. The van der Waals surface area contributed by atoms with E-state index in [1.165, 1.54) is 6.42 Å². The molecule has 0 amide bonds. The molecule has 0 bridgehead atoms. The molecular weight excluding hydrogens is 214 g/mol. The van der Waals surface area contributed by atoms with E-state index in [1.54, 1.807) is 6.92 Å². The van der Waals surface area contributed by atoms with E-state index in [9.17, 15) is 4.79 Å². The third-order valence-corrected chi connectivity index (χ3v) is 4.56. The summed E-state index contributed by atoms with van der Waals surface area (Å²) in [6.45, 7) is 4.66. The van der Waals surface area contributed by atoms with Gasteiger partial charge in [0, 0.05) is 24.5 Å². The molecule has 0 radical (unpaired) electrons. The number of hydrogen-bond donors (Lipinski definition) is 2. The van der Waals surface area contributed by atoms with Gasteiger partial charge in [0.2, 0.25) is 0 Å². The molecule has 4 N–H and O–H groups in total. The van der Waals surface area contributed by atoms with Gasteiger partial charge < -0.3 is 11.5 Å². The summed E-state index contributed by atoms with van der Waals surface area (Å²) in [5.74, 6) is 1.19. The number of carbonyl (C=O) groups excluding carboxylic acids is 1. The number of hydrogen-bond acceptors (Lipinski definition) is 4. The molecule has 4 nitrogen and oxygen atoms in total. The Labute approximate surface area is 104 Å². The van der Waals surface area contributed by atoms with Crippen molar-refractivity contribution < 1.29 is 4.79 Å². The van der Waals surface area contributed by atoms with Gasteiger partial charge in [0.15, 0.2) is 0 Å². The molecule has 1 saturated heterocycles. The lowest BCUT2D eigenvalue weighted by Crippen LogP contribution is -2.51. The van der Waals surface area contributed by atoms with Crippen LogP contribution in [-0.2, 0) is 4.79 Å². The molecule has 98 valence electrons. The first kappa shape index (κ1) is 13.0. The fourth-order valence-electron chi connectivity index (χ4n) is 3.32. The third-order valence-electron chi connectivity index (χ3n) is 4.56. The first-order valence-electron chi connectivity index (χ1n) is 6.82. The van der Waals surface area contributed by atoms with Gasteiger partial charge in [-0.15, -0.1) is 0 Å². The molecule has 1 aliphatic heterocycles. The van der Waals surface area contributed by atoms with E-state index in [0.29, 0.717) is 17.7 Å². The van der Waals surface area contributed by atoms with Crippen LogP contribution in [-0.4, -0.2) is 42.4 Å². The minimum atomic E-state index is 0.233. The highest BCUT2D eigenvalue weighted by Crippen LogP contribution is 2.30. The maximum absolute atomic E-state index is 11.5. The van der Waals surface area contributed by atoms with E-state index in [2.05, 4.69) is 4.90 Å². The van der Waals surface area contributed by atoms with Gasteiger partial charge in [0.1, 0.15) is 5.78 Å². The highest BCUT2D eigenvalue weighted by atomic mass is 16.1. The molecule has 2 aliphatic rings. The average Bonchev–Trinajstić information content (AvgIpc) is 2.77. The van der Waals surface area contributed by atoms with Gasteiger partial charge in [0.25, 0.3) is 0 Å². The van der Waals surface area contributed by atoms with Crippen LogP contribution >= 0.6 is 0 Å². The van der Waals surface area contributed by atoms with Crippen LogP contribution in [0.1, 0.15) is 32.6 Å². The van der Waals surface area contributed by atoms with Crippen LogP contribution in [0.15, 0.2) is 0 Å². The van der Waals surface area contributed by atoms with E-state index >= 15 is 0 Å². The molecule has 2 fully saturated rings. The number of nitrogens with two attached hydrogens (primary N) is 2. The lowest BCUT2D eigenvalue weighted by molar-refractivity contribution is -0.122. The number of rotatable bonds is 3. The van der Waals surface area contributed by atoms with Crippen molar-refractivity contribution in [2.75, 3.05) is 19.6 Å². The fourth-order valence-corrected chi connectivity index (χ4v) is 3.32. The Morgan fingerprint density at radius 2 is 2.12 bits per heavy atom. The van der Waals surface area contributed by atoms with Gasteiger partial charge in [-0.3, -0.25) is 9.69 Å². The highest BCUT2D eigenvalue weighted by molar-refractivity contribution is 5.78. The van der Waals surface area contributed by atoms with Crippen LogP contribution in [0.5, 0.6) is 0 Å². The summed E-state index contributed by atoms with van der Waals surface area (Å²) in [6, 6.07) is 0.635. The highest BCUT2D eigenvalue weighted by Gasteiger charge is 2.36. The number of likely N-dealkylation sites (tertiary alicyclic amines) is 1. The van der Waals surface area contributed by atoms with Gasteiger partial charge in [-0.05, 0) is 51.6 Å². The van der Waals surface area contributed by atoms with Crippen molar-refractivity contribution >= 4 is 5.78 Å². The van der Waals surface area contributed by atoms with Crippen molar-refractivity contribution in [1.82, 2.24) is 4.90 Å². The second-order valence-electron chi connectivity index (χ2n) is 5.74. The molecule has 1 aliphatic carbocycles. The summed E-state index contributed by atoms with van der Waals surface area (Å²) in [5, 5.41) is 0. The number of ketones is 1. The largest absolute Gasteiger partial charge is 0.330 e. The Bertz CT molecular complexity index is 282. The maximum atomic E-state index is 11.5. The Balaban J connectivity index is 1.96. The van der Waals surface area contributed by atoms with E-state index in [1.807, 2.05) is 0 Å². The molecule has 2 rings (SSSR count). The topological polar surface area (TPSA) is 72.4 Å². The lowest BCUT2D eigenvalue weighted by Gasteiger charge is -2.39. The van der Waals surface area contributed by atoms with Crippen molar-refractivity contribution in [1.29, 1.82) is 0 Å². The number of carbonyl (C=O) groups is 1. The zero-order chi connectivity index (χ0) is 12.4. The zero-order valence-electron chi connectivity index (χ0n) is 10.8. The first-order valence-corrected chi connectivity index (χ1v) is 6.82. The molecule has 0 spiro atoms. The quantitative estimate of drug-likeness (QED) is 0.745. The summed E-state index contributed by atoms with van der Waals surface area (Å²) in [6.07, 6.45) is 4.10. The summed E-state index contributed by atoms with van der Waals surface area (Å²) < 4.78 is 0. The Hall–Kier alpha value is -0.450. The lowest BCUT2D eigenvalue weighted by atomic mass is 9.80. The standard InChI is InChI=1S/C13H25N3O/c1-9(17)11-2-3-12(15)13(6-11)16-5-4-10(7-14)8-16/h10-13H,2-8,14-15H2,1H3. The molecule has 1 saturated carbocycles. The summed E-state index contributed by atoms with van der Waals surface area (Å²) in [4.78, 5) is 14.0. The molecule has 0 aromatic carbocycles.